The summed E-state index contributed by atoms with van der Waals surface area (Å²) in [6.45, 7) is 0.657. The first-order valence-electron chi connectivity index (χ1n) is 6.51. The van der Waals surface area contributed by atoms with Gasteiger partial charge in [0.2, 0.25) is 0 Å². The van der Waals surface area contributed by atoms with E-state index in [0.717, 1.165) is 12.1 Å². The largest absolute Gasteiger partial charge is 0.416 e. The van der Waals surface area contributed by atoms with Crippen molar-refractivity contribution in [2.75, 3.05) is 20.1 Å². The molecule has 2 amide bonds. The molecule has 1 aromatic rings. The molecule has 0 bridgehead atoms. The molecular weight excluding hydrogens is 285 g/mol. The first-order chi connectivity index (χ1) is 9.82. The Morgan fingerprint density at radius 2 is 2.05 bits per heavy atom. The number of ketones is 1. The highest BCUT2D eigenvalue weighted by molar-refractivity contribution is 5.98. The molecule has 0 aliphatic carbocycles. The molecule has 0 radical (unpaired) electrons. The van der Waals surface area contributed by atoms with Gasteiger partial charge in [0.1, 0.15) is 0 Å². The summed E-state index contributed by atoms with van der Waals surface area (Å²) in [5.41, 5.74) is -0.803. The molecule has 1 N–H and O–H groups in total. The number of halogens is 3. The molecular formula is C14H15F3N2O2. The van der Waals surface area contributed by atoms with Crippen molar-refractivity contribution in [2.45, 2.75) is 12.6 Å². The molecule has 1 aliphatic rings. The van der Waals surface area contributed by atoms with Crippen LogP contribution in [0.15, 0.2) is 24.3 Å². The average Bonchev–Trinajstić information content (AvgIpc) is 2.94. The van der Waals surface area contributed by atoms with E-state index >= 15 is 0 Å². The predicted octanol–water partition coefficient (Wildman–Crippen LogP) is 2.55. The van der Waals surface area contributed by atoms with Crippen molar-refractivity contribution >= 4 is 11.8 Å². The lowest BCUT2D eigenvalue weighted by atomic mass is 9.95. The van der Waals surface area contributed by atoms with Crippen LogP contribution < -0.4 is 5.32 Å². The van der Waals surface area contributed by atoms with E-state index < -0.39 is 17.7 Å². The van der Waals surface area contributed by atoms with Gasteiger partial charge in [0.15, 0.2) is 5.78 Å². The van der Waals surface area contributed by atoms with Crippen molar-refractivity contribution < 1.29 is 22.8 Å². The van der Waals surface area contributed by atoms with Gasteiger partial charge in [0.25, 0.3) is 0 Å². The van der Waals surface area contributed by atoms with Crippen LogP contribution in [-0.2, 0) is 6.18 Å². The summed E-state index contributed by atoms with van der Waals surface area (Å²) in [6, 6.07) is 4.11. The van der Waals surface area contributed by atoms with Crippen LogP contribution in [0.1, 0.15) is 22.3 Å². The van der Waals surface area contributed by atoms with E-state index in [1.165, 1.54) is 24.1 Å². The van der Waals surface area contributed by atoms with Gasteiger partial charge >= 0.3 is 12.2 Å². The fraction of sp³-hybridized carbons (Fsp3) is 0.429. The first kappa shape index (κ1) is 15.3. The molecule has 1 unspecified atom stereocenters. The van der Waals surface area contributed by atoms with Crippen molar-refractivity contribution in [2.24, 2.45) is 5.92 Å². The quantitative estimate of drug-likeness (QED) is 0.853. The molecule has 0 saturated carbocycles. The minimum atomic E-state index is -4.47. The smallest absolute Gasteiger partial charge is 0.341 e. The second kappa shape index (κ2) is 5.75. The van der Waals surface area contributed by atoms with Gasteiger partial charge in [-0.15, -0.1) is 0 Å². The lowest BCUT2D eigenvalue weighted by Crippen LogP contribution is -2.36. The number of rotatable bonds is 2. The second-order valence-corrected chi connectivity index (χ2v) is 4.93. The molecule has 114 valence electrons. The van der Waals surface area contributed by atoms with E-state index in [2.05, 4.69) is 5.32 Å². The fourth-order valence-electron chi connectivity index (χ4n) is 2.40. The van der Waals surface area contributed by atoms with Crippen LogP contribution in [0, 0.1) is 5.92 Å². The number of nitrogens with zero attached hydrogens (tertiary/aromatic N) is 1. The number of likely N-dealkylation sites (tertiary alicyclic amines) is 1. The van der Waals surface area contributed by atoms with Crippen LogP contribution in [0.4, 0.5) is 18.0 Å². The third-order valence-corrected chi connectivity index (χ3v) is 3.53. The molecule has 1 saturated heterocycles. The number of benzene rings is 1. The molecule has 0 aromatic heterocycles. The van der Waals surface area contributed by atoms with Crippen molar-refractivity contribution in [3.8, 4) is 0 Å². The first-order valence-corrected chi connectivity index (χ1v) is 6.51. The van der Waals surface area contributed by atoms with E-state index in [9.17, 15) is 22.8 Å². The molecule has 4 nitrogen and oxygen atoms in total. The van der Waals surface area contributed by atoms with Gasteiger partial charge < -0.3 is 10.2 Å². The Labute approximate surface area is 119 Å². The number of hydrogen-bond acceptors (Lipinski definition) is 2. The van der Waals surface area contributed by atoms with Crippen LogP contribution >= 0.6 is 0 Å². The highest BCUT2D eigenvalue weighted by Crippen LogP contribution is 2.30. The SMILES string of the molecule is CNC(=O)N1CCC(C(=O)c2cccc(C(F)(F)F)c2)C1. The van der Waals surface area contributed by atoms with E-state index in [1.807, 2.05) is 0 Å². The molecule has 2 rings (SSSR count). The second-order valence-electron chi connectivity index (χ2n) is 4.93. The molecule has 1 aliphatic heterocycles. The van der Waals surface area contributed by atoms with Gasteiger partial charge in [-0.2, -0.15) is 13.2 Å². The maximum atomic E-state index is 12.6. The lowest BCUT2D eigenvalue weighted by molar-refractivity contribution is -0.137. The maximum Gasteiger partial charge on any atom is 0.416 e. The summed E-state index contributed by atoms with van der Waals surface area (Å²) in [5, 5.41) is 2.46. The van der Waals surface area contributed by atoms with Gasteiger partial charge in [-0.3, -0.25) is 4.79 Å². The van der Waals surface area contributed by atoms with Gasteiger partial charge in [-0.05, 0) is 18.6 Å². The zero-order valence-corrected chi connectivity index (χ0v) is 11.4. The molecule has 0 spiro atoms. The minimum absolute atomic E-state index is 0.0357. The van der Waals surface area contributed by atoms with Gasteiger partial charge in [0, 0.05) is 31.6 Å². The fourth-order valence-corrected chi connectivity index (χ4v) is 2.40. The van der Waals surface area contributed by atoms with Crippen LogP contribution in [-0.4, -0.2) is 36.9 Å². The van der Waals surface area contributed by atoms with Crippen molar-refractivity contribution in [1.82, 2.24) is 10.2 Å². The summed E-state index contributed by atoms with van der Waals surface area (Å²) < 4.78 is 37.9. The van der Waals surface area contributed by atoms with Crippen LogP contribution in [0.25, 0.3) is 0 Å². The predicted molar refractivity (Wildman–Crippen MR) is 69.9 cm³/mol. The Bertz CT molecular complexity index is 557. The summed E-state index contributed by atoms with van der Waals surface area (Å²) in [6.07, 6.45) is -4.01. The minimum Gasteiger partial charge on any atom is -0.341 e. The van der Waals surface area contributed by atoms with Gasteiger partial charge in [0.05, 0.1) is 5.56 Å². The van der Waals surface area contributed by atoms with Crippen LogP contribution in [0.2, 0.25) is 0 Å². The van der Waals surface area contributed by atoms with Gasteiger partial charge in [-0.1, -0.05) is 12.1 Å². The third-order valence-electron chi connectivity index (χ3n) is 3.53. The van der Waals surface area contributed by atoms with Crippen molar-refractivity contribution in [3.63, 3.8) is 0 Å². The summed E-state index contributed by atoms with van der Waals surface area (Å²) in [5.74, 6) is -0.807. The normalized spacial score (nSPS) is 18.7. The average molecular weight is 300 g/mol. The number of hydrogen-bond donors (Lipinski definition) is 1. The van der Waals surface area contributed by atoms with Crippen molar-refractivity contribution in [3.05, 3.63) is 35.4 Å². The number of amides is 2. The number of urea groups is 1. The van der Waals surface area contributed by atoms with E-state index in [-0.39, 0.29) is 23.9 Å². The third kappa shape index (κ3) is 3.34. The topological polar surface area (TPSA) is 49.4 Å². The number of alkyl halides is 3. The Balaban J connectivity index is 2.13. The molecule has 1 heterocycles. The zero-order valence-electron chi connectivity index (χ0n) is 11.4. The summed E-state index contributed by atoms with van der Waals surface area (Å²) in [7, 11) is 1.49. The summed E-state index contributed by atoms with van der Waals surface area (Å²) >= 11 is 0. The summed E-state index contributed by atoms with van der Waals surface area (Å²) in [4.78, 5) is 25.2. The Morgan fingerprint density at radius 3 is 2.67 bits per heavy atom. The number of Topliss-reactive ketones (excluding diaryl/α,β-unsaturated/α-hetero) is 1. The Hall–Kier alpha value is -2.05. The van der Waals surface area contributed by atoms with Crippen LogP contribution in [0.5, 0.6) is 0 Å². The zero-order chi connectivity index (χ0) is 15.6. The highest BCUT2D eigenvalue weighted by Gasteiger charge is 2.34. The molecule has 1 aromatic carbocycles. The van der Waals surface area contributed by atoms with E-state index in [0.29, 0.717) is 13.0 Å². The maximum absolute atomic E-state index is 12.6. The van der Waals surface area contributed by atoms with E-state index in [1.54, 1.807) is 0 Å². The number of carbonyl (C=O) groups excluding carboxylic acids is 2. The standard InChI is InChI=1S/C14H15F3N2O2/c1-18-13(21)19-6-5-10(8-19)12(20)9-3-2-4-11(7-9)14(15,16)17/h2-4,7,10H,5-6,8H2,1H3,(H,18,21). The number of carbonyl (C=O) groups is 2. The molecule has 7 heteroatoms. The van der Waals surface area contributed by atoms with Gasteiger partial charge in [-0.25, -0.2) is 4.79 Å². The Morgan fingerprint density at radius 1 is 1.33 bits per heavy atom. The van der Waals surface area contributed by atoms with Crippen molar-refractivity contribution in [1.29, 1.82) is 0 Å². The molecule has 21 heavy (non-hydrogen) atoms. The van der Waals surface area contributed by atoms with E-state index in [4.69, 9.17) is 0 Å². The Kier molecular flexibility index (Phi) is 4.20. The molecule has 1 fully saturated rings. The highest BCUT2D eigenvalue weighted by atomic mass is 19.4. The van der Waals surface area contributed by atoms with Crippen LogP contribution in [0.3, 0.4) is 0 Å². The monoisotopic (exact) mass is 300 g/mol. The lowest BCUT2D eigenvalue weighted by Gasteiger charge is -2.15. The number of nitrogens with one attached hydrogen (secondary N) is 1. The molecule has 1 atom stereocenters.